The van der Waals surface area contributed by atoms with Gasteiger partial charge >= 0.3 is 11.8 Å². The van der Waals surface area contributed by atoms with Gasteiger partial charge in [0.25, 0.3) is 0 Å². The molecule has 32 heavy (non-hydrogen) atoms. The maximum absolute atomic E-state index is 12.7. The Hall–Kier alpha value is -3.26. The molecule has 1 N–H and O–H groups in total. The van der Waals surface area contributed by atoms with Crippen LogP contribution in [-0.4, -0.2) is 88.1 Å². The smallest absolute Gasteiger partial charge is 0.313 e. The Labute approximate surface area is 189 Å². The molecular formula is C24H31N5O3. The maximum atomic E-state index is 12.7. The second kappa shape index (κ2) is 9.91. The minimum Gasteiger partial charge on any atom is -0.495 e. The van der Waals surface area contributed by atoms with Crippen molar-refractivity contribution in [3.05, 3.63) is 48.5 Å². The highest BCUT2D eigenvalue weighted by molar-refractivity contribution is 6.39. The third-order valence-electron chi connectivity index (χ3n) is 6.18. The van der Waals surface area contributed by atoms with Crippen LogP contribution in [0.25, 0.3) is 0 Å². The van der Waals surface area contributed by atoms with E-state index in [1.807, 2.05) is 48.5 Å². The van der Waals surface area contributed by atoms with Crippen molar-refractivity contribution in [3.8, 4) is 5.75 Å². The van der Waals surface area contributed by atoms with E-state index >= 15 is 0 Å². The summed E-state index contributed by atoms with van der Waals surface area (Å²) in [6.07, 6.45) is 0. The van der Waals surface area contributed by atoms with E-state index in [0.29, 0.717) is 31.9 Å². The van der Waals surface area contributed by atoms with Gasteiger partial charge in [-0.2, -0.15) is 0 Å². The summed E-state index contributed by atoms with van der Waals surface area (Å²) in [6, 6.07) is 15.6. The normalized spacial score (nSPS) is 17.2. The summed E-state index contributed by atoms with van der Waals surface area (Å²) in [5.74, 6) is -0.277. The predicted molar refractivity (Wildman–Crippen MR) is 127 cm³/mol. The SMILES string of the molecule is COc1ccccc1N1CCN(C(=O)C(=O)Nc2ccc(N3CCN(C)CC3)cc2)CC1. The molecule has 0 atom stereocenters. The van der Waals surface area contributed by atoms with Crippen molar-refractivity contribution in [1.29, 1.82) is 0 Å². The summed E-state index contributed by atoms with van der Waals surface area (Å²) in [6.45, 7) is 6.34. The summed E-state index contributed by atoms with van der Waals surface area (Å²) in [5.41, 5.74) is 2.77. The maximum Gasteiger partial charge on any atom is 0.313 e. The van der Waals surface area contributed by atoms with Crippen LogP contribution in [0.3, 0.4) is 0 Å². The largest absolute Gasteiger partial charge is 0.495 e. The number of likely N-dealkylation sites (N-methyl/N-ethyl adjacent to an activating group) is 1. The number of nitrogens with zero attached hydrogens (tertiary/aromatic N) is 4. The van der Waals surface area contributed by atoms with Crippen LogP contribution in [0.5, 0.6) is 5.75 Å². The molecule has 170 valence electrons. The second-order valence-electron chi connectivity index (χ2n) is 8.24. The predicted octanol–water partition coefficient (Wildman–Crippen LogP) is 1.73. The lowest BCUT2D eigenvalue weighted by Crippen LogP contribution is -2.51. The minimum absolute atomic E-state index is 0.493. The molecule has 8 nitrogen and oxygen atoms in total. The van der Waals surface area contributed by atoms with Crippen LogP contribution in [0, 0.1) is 0 Å². The molecule has 0 spiro atoms. The van der Waals surface area contributed by atoms with Crippen molar-refractivity contribution in [2.24, 2.45) is 0 Å². The van der Waals surface area contributed by atoms with Gasteiger partial charge in [-0.05, 0) is 43.4 Å². The van der Waals surface area contributed by atoms with E-state index < -0.39 is 11.8 Å². The number of methoxy groups -OCH3 is 1. The lowest BCUT2D eigenvalue weighted by molar-refractivity contribution is -0.143. The average Bonchev–Trinajstić information content (AvgIpc) is 2.84. The number of carbonyl (C=O) groups excluding carboxylic acids is 2. The lowest BCUT2D eigenvalue weighted by Gasteiger charge is -2.36. The van der Waals surface area contributed by atoms with Gasteiger partial charge in [0, 0.05) is 63.7 Å². The van der Waals surface area contributed by atoms with Crippen LogP contribution < -0.4 is 19.9 Å². The molecule has 0 aliphatic carbocycles. The van der Waals surface area contributed by atoms with Crippen molar-refractivity contribution in [2.45, 2.75) is 0 Å². The monoisotopic (exact) mass is 437 g/mol. The van der Waals surface area contributed by atoms with Gasteiger partial charge in [-0.25, -0.2) is 0 Å². The number of para-hydroxylation sites is 2. The van der Waals surface area contributed by atoms with Gasteiger partial charge in [0.05, 0.1) is 12.8 Å². The summed E-state index contributed by atoms with van der Waals surface area (Å²) in [5, 5.41) is 2.75. The van der Waals surface area contributed by atoms with Gasteiger partial charge in [0.2, 0.25) is 0 Å². The van der Waals surface area contributed by atoms with Crippen LogP contribution >= 0.6 is 0 Å². The average molecular weight is 438 g/mol. The summed E-state index contributed by atoms with van der Waals surface area (Å²) < 4.78 is 5.44. The number of amides is 2. The number of nitrogens with one attached hydrogen (secondary N) is 1. The molecule has 0 aromatic heterocycles. The lowest BCUT2D eigenvalue weighted by atomic mass is 10.2. The van der Waals surface area contributed by atoms with E-state index in [-0.39, 0.29) is 0 Å². The first-order valence-electron chi connectivity index (χ1n) is 11.1. The van der Waals surface area contributed by atoms with Gasteiger partial charge < -0.3 is 29.7 Å². The third kappa shape index (κ3) is 4.96. The number of carbonyl (C=O) groups is 2. The zero-order chi connectivity index (χ0) is 22.5. The Balaban J connectivity index is 1.29. The zero-order valence-electron chi connectivity index (χ0n) is 18.8. The number of benzene rings is 2. The number of piperazine rings is 2. The molecule has 4 rings (SSSR count). The second-order valence-corrected chi connectivity index (χ2v) is 8.24. The summed E-state index contributed by atoms with van der Waals surface area (Å²) >= 11 is 0. The molecule has 2 amide bonds. The van der Waals surface area contributed by atoms with Crippen molar-refractivity contribution in [2.75, 3.05) is 81.6 Å². The minimum atomic E-state index is -0.594. The Morgan fingerprint density at radius 1 is 0.812 bits per heavy atom. The number of ether oxygens (including phenoxy) is 1. The third-order valence-corrected chi connectivity index (χ3v) is 6.18. The van der Waals surface area contributed by atoms with Gasteiger partial charge in [-0.1, -0.05) is 12.1 Å². The van der Waals surface area contributed by atoms with E-state index in [1.165, 1.54) is 0 Å². The van der Waals surface area contributed by atoms with Crippen LogP contribution in [-0.2, 0) is 9.59 Å². The highest BCUT2D eigenvalue weighted by Gasteiger charge is 2.27. The Morgan fingerprint density at radius 3 is 2.09 bits per heavy atom. The summed E-state index contributed by atoms with van der Waals surface area (Å²) in [4.78, 5) is 33.6. The molecule has 2 heterocycles. The quantitative estimate of drug-likeness (QED) is 0.735. The fourth-order valence-corrected chi connectivity index (χ4v) is 4.19. The van der Waals surface area contributed by atoms with Gasteiger partial charge in [0.1, 0.15) is 5.75 Å². The fourth-order valence-electron chi connectivity index (χ4n) is 4.19. The van der Waals surface area contributed by atoms with E-state index in [4.69, 9.17) is 4.74 Å². The molecule has 0 saturated carbocycles. The molecule has 0 unspecified atom stereocenters. The Kier molecular flexibility index (Phi) is 6.80. The Bertz CT molecular complexity index is 933. The van der Waals surface area contributed by atoms with Crippen molar-refractivity contribution in [3.63, 3.8) is 0 Å². The molecule has 2 saturated heterocycles. The Morgan fingerprint density at radius 2 is 1.44 bits per heavy atom. The molecular weight excluding hydrogens is 406 g/mol. The highest BCUT2D eigenvalue weighted by Crippen LogP contribution is 2.28. The molecule has 2 aromatic carbocycles. The first-order chi connectivity index (χ1) is 15.5. The van der Waals surface area contributed by atoms with E-state index in [9.17, 15) is 9.59 Å². The molecule has 0 radical (unpaired) electrons. The van der Waals surface area contributed by atoms with Crippen LogP contribution in [0.15, 0.2) is 48.5 Å². The first kappa shape index (κ1) is 22.0. The molecule has 2 aliphatic rings. The first-order valence-corrected chi connectivity index (χ1v) is 11.1. The summed E-state index contributed by atoms with van der Waals surface area (Å²) in [7, 11) is 3.78. The number of rotatable bonds is 4. The van der Waals surface area contributed by atoms with Crippen LogP contribution in [0.1, 0.15) is 0 Å². The van der Waals surface area contributed by atoms with Crippen LogP contribution in [0.2, 0.25) is 0 Å². The number of hydrogen-bond donors (Lipinski definition) is 1. The molecule has 2 fully saturated rings. The molecule has 8 heteroatoms. The van der Waals surface area contributed by atoms with E-state index in [2.05, 4.69) is 27.1 Å². The van der Waals surface area contributed by atoms with E-state index in [0.717, 1.165) is 43.3 Å². The van der Waals surface area contributed by atoms with Crippen molar-refractivity contribution in [1.82, 2.24) is 9.80 Å². The van der Waals surface area contributed by atoms with Gasteiger partial charge in [-0.15, -0.1) is 0 Å². The van der Waals surface area contributed by atoms with Crippen molar-refractivity contribution < 1.29 is 14.3 Å². The van der Waals surface area contributed by atoms with E-state index in [1.54, 1.807) is 12.0 Å². The molecule has 0 bridgehead atoms. The van der Waals surface area contributed by atoms with Crippen molar-refractivity contribution >= 4 is 28.9 Å². The standard InChI is InChI=1S/C24H31N5O3/c1-26-11-13-27(14-12-26)20-9-7-19(8-10-20)25-23(30)24(31)29-17-15-28(16-18-29)21-5-3-4-6-22(21)32-2/h3-10H,11-18H2,1-2H3,(H,25,30). The number of hydrogen-bond acceptors (Lipinski definition) is 6. The number of anilines is 3. The molecule has 2 aliphatic heterocycles. The topological polar surface area (TPSA) is 68.4 Å². The fraction of sp³-hybridized carbons (Fsp3) is 0.417. The highest BCUT2D eigenvalue weighted by atomic mass is 16.5. The molecule has 2 aromatic rings. The zero-order valence-corrected chi connectivity index (χ0v) is 18.8. The van der Waals surface area contributed by atoms with Gasteiger partial charge in [-0.3, -0.25) is 9.59 Å². The van der Waals surface area contributed by atoms with Gasteiger partial charge in [0.15, 0.2) is 0 Å². The van der Waals surface area contributed by atoms with Crippen LogP contribution in [0.4, 0.5) is 17.1 Å².